The van der Waals surface area contributed by atoms with Crippen molar-refractivity contribution in [2.24, 2.45) is 0 Å². The molecule has 0 fully saturated rings. The largest absolute Gasteiger partial charge is 0.469 e. The zero-order valence-electron chi connectivity index (χ0n) is 10.1. The number of carbonyl (C=O) groups is 1. The van der Waals surface area contributed by atoms with Gasteiger partial charge in [-0.3, -0.25) is 4.79 Å². The number of aryl methyl sites for hydroxylation is 1. The summed E-state index contributed by atoms with van der Waals surface area (Å²) in [5, 5.41) is 0. The van der Waals surface area contributed by atoms with Gasteiger partial charge >= 0.3 is 5.97 Å². The number of benzene rings is 1. The number of esters is 1. The van der Waals surface area contributed by atoms with Gasteiger partial charge in [-0.05, 0) is 31.4 Å². The predicted octanol–water partition coefficient (Wildman–Crippen LogP) is 3.22. The summed E-state index contributed by atoms with van der Waals surface area (Å²) in [6.45, 7) is 4.15. The van der Waals surface area contributed by atoms with Gasteiger partial charge in [0.25, 0.3) is 0 Å². The highest BCUT2D eigenvalue weighted by Crippen LogP contribution is 2.10. The van der Waals surface area contributed by atoms with Crippen molar-refractivity contribution in [2.45, 2.75) is 26.7 Å². The topological polar surface area (TPSA) is 26.3 Å². The predicted molar refractivity (Wildman–Crippen MR) is 66.1 cm³/mol. The van der Waals surface area contributed by atoms with E-state index in [1.54, 1.807) is 0 Å². The maximum absolute atomic E-state index is 11.0. The molecule has 0 aliphatic rings. The van der Waals surface area contributed by atoms with Crippen LogP contribution in [0.1, 0.15) is 31.4 Å². The average Bonchev–Trinajstić information content (AvgIpc) is 2.27. The van der Waals surface area contributed by atoms with Gasteiger partial charge in [-0.1, -0.05) is 35.9 Å². The van der Waals surface area contributed by atoms with Gasteiger partial charge in [0.1, 0.15) is 0 Å². The minimum Gasteiger partial charge on any atom is -0.469 e. The Hall–Kier alpha value is -1.57. The molecule has 0 amide bonds. The SMILES string of the molecule is COC(=O)CCc1ccc(C=C(C)C)cc1. The summed E-state index contributed by atoms with van der Waals surface area (Å²) in [6.07, 6.45) is 3.31. The Morgan fingerprint density at radius 3 is 2.38 bits per heavy atom. The highest BCUT2D eigenvalue weighted by atomic mass is 16.5. The van der Waals surface area contributed by atoms with Crippen LogP contribution in [0.15, 0.2) is 29.8 Å². The number of ether oxygens (including phenoxy) is 1. The summed E-state index contributed by atoms with van der Waals surface area (Å²) in [5.41, 5.74) is 3.64. The van der Waals surface area contributed by atoms with E-state index in [2.05, 4.69) is 48.9 Å². The second-order valence-electron chi connectivity index (χ2n) is 4.04. The number of allylic oxidation sites excluding steroid dienone is 1. The van der Waals surface area contributed by atoms with Crippen LogP contribution in [0, 0.1) is 0 Å². The fourth-order valence-corrected chi connectivity index (χ4v) is 1.46. The van der Waals surface area contributed by atoms with Crippen molar-refractivity contribution in [1.82, 2.24) is 0 Å². The summed E-state index contributed by atoms with van der Waals surface area (Å²) in [6, 6.07) is 8.24. The van der Waals surface area contributed by atoms with Crippen LogP contribution in [0.3, 0.4) is 0 Å². The number of hydrogen-bond donors (Lipinski definition) is 0. The zero-order valence-corrected chi connectivity index (χ0v) is 10.1. The molecular formula is C14H18O2. The maximum Gasteiger partial charge on any atom is 0.305 e. The van der Waals surface area contributed by atoms with E-state index in [-0.39, 0.29) is 5.97 Å². The van der Waals surface area contributed by atoms with E-state index < -0.39 is 0 Å². The Balaban J connectivity index is 2.58. The first kappa shape index (κ1) is 12.5. The molecule has 0 aliphatic carbocycles. The Labute approximate surface area is 96.9 Å². The molecule has 0 heterocycles. The monoisotopic (exact) mass is 218 g/mol. The number of carbonyl (C=O) groups excluding carboxylic acids is 1. The van der Waals surface area contributed by atoms with E-state index in [4.69, 9.17) is 0 Å². The Kier molecular flexibility index (Phi) is 4.77. The molecule has 1 aromatic rings. The minimum atomic E-state index is -0.159. The van der Waals surface area contributed by atoms with Gasteiger partial charge in [-0.15, -0.1) is 0 Å². The maximum atomic E-state index is 11.0. The van der Waals surface area contributed by atoms with Crippen LogP contribution in [0.2, 0.25) is 0 Å². The third-order valence-corrected chi connectivity index (χ3v) is 2.28. The van der Waals surface area contributed by atoms with Gasteiger partial charge < -0.3 is 4.74 Å². The molecule has 1 rings (SSSR count). The molecule has 0 unspecified atom stereocenters. The normalized spacial score (nSPS) is 9.69. The molecule has 0 saturated heterocycles. The van der Waals surface area contributed by atoms with E-state index in [1.165, 1.54) is 18.2 Å². The van der Waals surface area contributed by atoms with Crippen molar-refractivity contribution in [1.29, 1.82) is 0 Å². The van der Waals surface area contributed by atoms with Gasteiger partial charge in [0.05, 0.1) is 7.11 Å². The quantitative estimate of drug-likeness (QED) is 0.725. The number of rotatable bonds is 4. The number of hydrogen-bond acceptors (Lipinski definition) is 2. The van der Waals surface area contributed by atoms with E-state index in [0.717, 1.165) is 12.0 Å². The van der Waals surface area contributed by atoms with Crippen molar-refractivity contribution in [3.8, 4) is 0 Å². The fraction of sp³-hybridized carbons (Fsp3) is 0.357. The third kappa shape index (κ3) is 4.30. The second-order valence-corrected chi connectivity index (χ2v) is 4.04. The van der Waals surface area contributed by atoms with Gasteiger partial charge in [0.2, 0.25) is 0 Å². The molecular weight excluding hydrogens is 200 g/mol. The molecule has 1 aromatic carbocycles. The highest BCUT2D eigenvalue weighted by molar-refractivity contribution is 5.69. The van der Waals surface area contributed by atoms with Crippen molar-refractivity contribution in [2.75, 3.05) is 7.11 Å². The van der Waals surface area contributed by atoms with E-state index >= 15 is 0 Å². The molecule has 0 spiro atoms. The van der Waals surface area contributed by atoms with Crippen LogP contribution >= 0.6 is 0 Å². The van der Waals surface area contributed by atoms with Crippen molar-refractivity contribution in [3.05, 3.63) is 41.0 Å². The van der Waals surface area contributed by atoms with Crippen molar-refractivity contribution >= 4 is 12.0 Å². The van der Waals surface area contributed by atoms with Crippen molar-refractivity contribution in [3.63, 3.8) is 0 Å². The Morgan fingerprint density at radius 2 is 1.88 bits per heavy atom. The summed E-state index contributed by atoms with van der Waals surface area (Å²) in [7, 11) is 1.42. The summed E-state index contributed by atoms with van der Waals surface area (Å²) < 4.78 is 4.60. The molecule has 16 heavy (non-hydrogen) atoms. The van der Waals surface area contributed by atoms with E-state index in [0.29, 0.717) is 6.42 Å². The lowest BCUT2D eigenvalue weighted by Crippen LogP contribution is -2.01. The van der Waals surface area contributed by atoms with Crippen LogP contribution in [-0.4, -0.2) is 13.1 Å². The van der Waals surface area contributed by atoms with Gasteiger partial charge in [0, 0.05) is 6.42 Å². The van der Waals surface area contributed by atoms with Crippen LogP contribution in [0.25, 0.3) is 6.08 Å². The van der Waals surface area contributed by atoms with Crippen molar-refractivity contribution < 1.29 is 9.53 Å². The summed E-state index contributed by atoms with van der Waals surface area (Å²) in [5.74, 6) is -0.159. The molecule has 0 atom stereocenters. The lowest BCUT2D eigenvalue weighted by atomic mass is 10.1. The molecule has 2 nitrogen and oxygen atoms in total. The smallest absolute Gasteiger partial charge is 0.305 e. The van der Waals surface area contributed by atoms with Crippen LogP contribution < -0.4 is 0 Å². The highest BCUT2D eigenvalue weighted by Gasteiger charge is 2.00. The summed E-state index contributed by atoms with van der Waals surface area (Å²) >= 11 is 0. The first-order valence-electron chi connectivity index (χ1n) is 5.42. The third-order valence-electron chi connectivity index (χ3n) is 2.28. The molecule has 2 heteroatoms. The first-order chi connectivity index (χ1) is 7.61. The van der Waals surface area contributed by atoms with Crippen LogP contribution in [-0.2, 0) is 16.0 Å². The van der Waals surface area contributed by atoms with E-state index in [1.807, 2.05) is 0 Å². The van der Waals surface area contributed by atoms with Gasteiger partial charge in [0.15, 0.2) is 0 Å². The van der Waals surface area contributed by atoms with Gasteiger partial charge in [-0.25, -0.2) is 0 Å². The summed E-state index contributed by atoms with van der Waals surface area (Å²) in [4.78, 5) is 11.0. The van der Waals surface area contributed by atoms with Crippen LogP contribution in [0.5, 0.6) is 0 Å². The molecule has 0 radical (unpaired) electrons. The lowest BCUT2D eigenvalue weighted by Gasteiger charge is -2.01. The zero-order chi connectivity index (χ0) is 12.0. The Bertz CT molecular complexity index is 370. The second kappa shape index (κ2) is 6.11. The standard InChI is InChI=1S/C14H18O2/c1-11(2)10-13-6-4-12(5-7-13)8-9-14(15)16-3/h4-7,10H,8-9H2,1-3H3. The van der Waals surface area contributed by atoms with Gasteiger partial charge in [-0.2, -0.15) is 0 Å². The molecule has 0 aliphatic heterocycles. The Morgan fingerprint density at radius 1 is 1.25 bits per heavy atom. The van der Waals surface area contributed by atoms with E-state index in [9.17, 15) is 4.79 Å². The minimum absolute atomic E-state index is 0.159. The fourth-order valence-electron chi connectivity index (χ4n) is 1.46. The molecule has 0 bridgehead atoms. The molecule has 0 saturated carbocycles. The number of methoxy groups -OCH3 is 1. The molecule has 86 valence electrons. The van der Waals surface area contributed by atoms with Crippen LogP contribution in [0.4, 0.5) is 0 Å². The first-order valence-corrected chi connectivity index (χ1v) is 5.42. The average molecular weight is 218 g/mol. The lowest BCUT2D eigenvalue weighted by molar-refractivity contribution is -0.140. The molecule has 0 aromatic heterocycles. The molecule has 0 N–H and O–H groups in total.